The van der Waals surface area contributed by atoms with Gasteiger partial charge in [-0.2, -0.15) is 13.2 Å². The van der Waals surface area contributed by atoms with Crippen LogP contribution in [0.3, 0.4) is 0 Å². The van der Waals surface area contributed by atoms with Crippen LogP contribution in [0.4, 0.5) is 13.2 Å². The molecule has 3 rings (SSSR count). The number of carbonyl (C=O) groups excluding carboxylic acids is 1. The molecule has 1 aromatic carbocycles. The van der Waals surface area contributed by atoms with Gasteiger partial charge in [0.2, 0.25) is 5.88 Å². The SMILES string of the molecule is Cc1cccc(S(=O)(=O)CC2CCC(NC(=O)c3ccc(OCC(F)(F)F)nc3)CC2)c1. The van der Waals surface area contributed by atoms with Gasteiger partial charge in [0.25, 0.3) is 5.91 Å². The Bertz CT molecular complexity index is 1030. The fourth-order valence-electron chi connectivity index (χ4n) is 3.71. The standard InChI is InChI=1S/C22H25F3N2O4S/c1-15-3-2-4-19(11-15)32(29,30)13-16-5-8-18(9-6-16)27-21(28)17-7-10-20(26-12-17)31-14-22(23,24)25/h2-4,7,10-12,16,18H,5-6,8-9,13-14H2,1H3,(H,27,28). The lowest BCUT2D eigenvalue weighted by molar-refractivity contribution is -0.154. The van der Waals surface area contributed by atoms with E-state index in [0.717, 1.165) is 5.56 Å². The van der Waals surface area contributed by atoms with Crippen molar-refractivity contribution in [2.45, 2.75) is 49.7 Å². The first-order valence-electron chi connectivity index (χ1n) is 10.3. The normalized spacial score (nSPS) is 19.4. The number of hydrogen-bond acceptors (Lipinski definition) is 5. The molecule has 174 valence electrons. The summed E-state index contributed by atoms with van der Waals surface area (Å²) in [6.07, 6.45) is -0.631. The Morgan fingerprint density at radius 1 is 1.16 bits per heavy atom. The predicted octanol–water partition coefficient (Wildman–Crippen LogP) is 4.09. The Balaban J connectivity index is 1.48. The molecule has 1 saturated carbocycles. The number of pyridine rings is 1. The van der Waals surface area contributed by atoms with Gasteiger partial charge in [-0.3, -0.25) is 4.79 Å². The Hall–Kier alpha value is -2.62. The van der Waals surface area contributed by atoms with Gasteiger partial charge in [-0.05, 0) is 62.3 Å². The summed E-state index contributed by atoms with van der Waals surface area (Å²) < 4.78 is 66.4. The molecule has 1 aliphatic rings. The maximum atomic E-state index is 12.7. The van der Waals surface area contributed by atoms with Crippen LogP contribution >= 0.6 is 0 Å². The van der Waals surface area contributed by atoms with Crippen molar-refractivity contribution in [3.63, 3.8) is 0 Å². The largest absolute Gasteiger partial charge is 0.468 e. The highest BCUT2D eigenvalue weighted by Gasteiger charge is 2.29. The van der Waals surface area contributed by atoms with E-state index in [0.29, 0.717) is 30.6 Å². The lowest BCUT2D eigenvalue weighted by Crippen LogP contribution is -2.38. The number of ether oxygens (including phenoxy) is 1. The quantitative estimate of drug-likeness (QED) is 0.659. The zero-order chi connectivity index (χ0) is 23.4. The number of sulfone groups is 1. The molecule has 0 bridgehead atoms. The molecular weight excluding hydrogens is 445 g/mol. The fourth-order valence-corrected chi connectivity index (χ4v) is 5.51. The summed E-state index contributed by atoms with van der Waals surface area (Å²) in [7, 11) is -3.36. The fraction of sp³-hybridized carbons (Fsp3) is 0.455. The molecule has 0 radical (unpaired) electrons. The number of nitrogens with zero attached hydrogens (tertiary/aromatic N) is 1. The number of alkyl halides is 3. The Morgan fingerprint density at radius 3 is 2.47 bits per heavy atom. The molecule has 0 atom stereocenters. The van der Waals surface area contributed by atoms with Crippen molar-refractivity contribution >= 4 is 15.7 Å². The average Bonchev–Trinajstić information content (AvgIpc) is 2.73. The van der Waals surface area contributed by atoms with Crippen LogP contribution in [-0.4, -0.2) is 43.9 Å². The maximum absolute atomic E-state index is 12.7. The van der Waals surface area contributed by atoms with Crippen molar-refractivity contribution in [1.82, 2.24) is 10.3 Å². The third kappa shape index (κ3) is 6.94. The molecule has 2 aromatic rings. The van der Waals surface area contributed by atoms with Gasteiger partial charge in [0.05, 0.1) is 16.2 Å². The van der Waals surface area contributed by atoms with Crippen LogP contribution in [0.1, 0.15) is 41.6 Å². The Kier molecular flexibility index (Phi) is 7.43. The van der Waals surface area contributed by atoms with Gasteiger partial charge in [0, 0.05) is 18.3 Å². The van der Waals surface area contributed by atoms with Gasteiger partial charge in [-0.15, -0.1) is 0 Å². The van der Waals surface area contributed by atoms with Gasteiger partial charge < -0.3 is 10.1 Å². The number of aryl methyl sites for hydroxylation is 1. The molecule has 0 unspecified atom stereocenters. The number of halogens is 3. The second-order valence-corrected chi connectivity index (χ2v) is 10.1. The zero-order valence-electron chi connectivity index (χ0n) is 17.6. The van der Waals surface area contributed by atoms with Crippen molar-refractivity contribution in [3.05, 3.63) is 53.7 Å². The first kappa shape index (κ1) is 24.0. The number of amides is 1. The number of benzene rings is 1. The molecule has 32 heavy (non-hydrogen) atoms. The molecule has 1 aromatic heterocycles. The van der Waals surface area contributed by atoms with E-state index in [1.807, 2.05) is 13.0 Å². The van der Waals surface area contributed by atoms with Crippen LogP contribution in [0.25, 0.3) is 0 Å². The van der Waals surface area contributed by atoms with Crippen molar-refractivity contribution in [1.29, 1.82) is 0 Å². The van der Waals surface area contributed by atoms with E-state index in [1.54, 1.807) is 18.2 Å². The number of nitrogens with one attached hydrogen (secondary N) is 1. The summed E-state index contributed by atoms with van der Waals surface area (Å²) in [6, 6.07) is 9.35. The summed E-state index contributed by atoms with van der Waals surface area (Å²) in [5.74, 6) is -0.481. The summed E-state index contributed by atoms with van der Waals surface area (Å²) in [5.41, 5.74) is 1.11. The lowest BCUT2D eigenvalue weighted by atomic mass is 9.87. The second-order valence-electron chi connectivity index (χ2n) is 8.08. The number of hydrogen-bond donors (Lipinski definition) is 1. The number of aromatic nitrogens is 1. The number of carbonyl (C=O) groups is 1. The van der Waals surface area contributed by atoms with Gasteiger partial charge in [-0.1, -0.05) is 12.1 Å². The summed E-state index contributed by atoms with van der Waals surface area (Å²) in [5, 5.41) is 2.88. The monoisotopic (exact) mass is 470 g/mol. The van der Waals surface area contributed by atoms with Crippen molar-refractivity contribution < 1.29 is 31.1 Å². The van der Waals surface area contributed by atoms with E-state index in [-0.39, 0.29) is 35.1 Å². The zero-order valence-corrected chi connectivity index (χ0v) is 18.4. The second kappa shape index (κ2) is 9.89. The maximum Gasteiger partial charge on any atom is 0.422 e. The van der Waals surface area contributed by atoms with E-state index in [9.17, 15) is 26.4 Å². The molecule has 0 saturated heterocycles. The third-order valence-corrected chi connectivity index (χ3v) is 7.25. The van der Waals surface area contributed by atoms with E-state index >= 15 is 0 Å². The van der Waals surface area contributed by atoms with Crippen LogP contribution in [0.2, 0.25) is 0 Å². The van der Waals surface area contributed by atoms with E-state index in [4.69, 9.17) is 0 Å². The molecule has 0 aliphatic heterocycles. The molecule has 1 amide bonds. The minimum Gasteiger partial charge on any atom is -0.468 e. The summed E-state index contributed by atoms with van der Waals surface area (Å²) in [4.78, 5) is 16.5. The minimum absolute atomic E-state index is 0.0281. The van der Waals surface area contributed by atoms with Gasteiger partial charge in [-0.25, -0.2) is 13.4 Å². The van der Waals surface area contributed by atoms with Crippen molar-refractivity contribution in [2.24, 2.45) is 5.92 Å². The van der Waals surface area contributed by atoms with Crippen LogP contribution in [-0.2, 0) is 9.84 Å². The molecule has 6 nitrogen and oxygen atoms in total. The highest BCUT2D eigenvalue weighted by Crippen LogP contribution is 2.28. The molecule has 1 aliphatic carbocycles. The van der Waals surface area contributed by atoms with Crippen molar-refractivity contribution in [3.8, 4) is 5.88 Å². The molecule has 10 heteroatoms. The van der Waals surface area contributed by atoms with Crippen LogP contribution in [0.15, 0.2) is 47.5 Å². The van der Waals surface area contributed by atoms with Crippen LogP contribution in [0.5, 0.6) is 5.88 Å². The van der Waals surface area contributed by atoms with Crippen molar-refractivity contribution in [2.75, 3.05) is 12.4 Å². The lowest BCUT2D eigenvalue weighted by Gasteiger charge is -2.29. The highest BCUT2D eigenvalue weighted by molar-refractivity contribution is 7.91. The van der Waals surface area contributed by atoms with Crippen LogP contribution in [0, 0.1) is 12.8 Å². The molecule has 1 fully saturated rings. The van der Waals surface area contributed by atoms with E-state index < -0.39 is 22.6 Å². The minimum atomic E-state index is -4.46. The third-order valence-electron chi connectivity index (χ3n) is 5.37. The topological polar surface area (TPSA) is 85.4 Å². The highest BCUT2D eigenvalue weighted by atomic mass is 32.2. The molecule has 1 heterocycles. The Morgan fingerprint density at radius 2 is 1.88 bits per heavy atom. The molecular formula is C22H25F3N2O4S. The smallest absolute Gasteiger partial charge is 0.422 e. The van der Waals surface area contributed by atoms with Gasteiger partial charge in [0.1, 0.15) is 0 Å². The first-order valence-corrected chi connectivity index (χ1v) is 11.9. The average molecular weight is 471 g/mol. The molecule has 0 spiro atoms. The predicted molar refractivity (Wildman–Crippen MR) is 112 cm³/mol. The molecule has 1 N–H and O–H groups in total. The Labute approximate surface area is 185 Å². The van der Waals surface area contributed by atoms with E-state index in [2.05, 4.69) is 15.0 Å². The van der Waals surface area contributed by atoms with Crippen LogP contribution < -0.4 is 10.1 Å². The summed E-state index contributed by atoms with van der Waals surface area (Å²) >= 11 is 0. The van der Waals surface area contributed by atoms with Gasteiger partial charge >= 0.3 is 6.18 Å². The number of rotatable bonds is 7. The first-order chi connectivity index (χ1) is 15.0. The summed E-state index contributed by atoms with van der Waals surface area (Å²) in [6.45, 7) is 0.403. The van der Waals surface area contributed by atoms with Gasteiger partial charge in [0.15, 0.2) is 16.4 Å². The van der Waals surface area contributed by atoms with E-state index in [1.165, 1.54) is 18.3 Å².